The van der Waals surface area contributed by atoms with Crippen LogP contribution < -0.4 is 10.3 Å². The third-order valence-corrected chi connectivity index (χ3v) is 6.21. The molecular weight excluding hydrogens is 376 g/mol. The molecule has 6 nitrogen and oxygen atoms in total. The smallest absolute Gasteiger partial charge is 0.306 e. The Morgan fingerprint density at radius 2 is 2.07 bits per heavy atom. The van der Waals surface area contributed by atoms with E-state index in [1.54, 1.807) is 18.4 Å². The van der Waals surface area contributed by atoms with E-state index in [0.29, 0.717) is 18.0 Å². The van der Waals surface area contributed by atoms with Crippen molar-refractivity contribution in [3.8, 4) is 5.75 Å². The van der Waals surface area contributed by atoms with Gasteiger partial charge in [0.1, 0.15) is 23.0 Å². The van der Waals surface area contributed by atoms with Gasteiger partial charge in [0, 0.05) is 16.9 Å². The molecule has 1 aliphatic carbocycles. The van der Waals surface area contributed by atoms with Gasteiger partial charge in [-0.15, -0.1) is 11.3 Å². The van der Waals surface area contributed by atoms with Crippen LogP contribution >= 0.6 is 11.3 Å². The van der Waals surface area contributed by atoms with Crippen molar-refractivity contribution in [1.82, 2.24) is 9.97 Å². The highest BCUT2D eigenvalue weighted by Crippen LogP contribution is 2.33. The van der Waals surface area contributed by atoms with E-state index in [0.717, 1.165) is 35.0 Å². The van der Waals surface area contributed by atoms with Crippen LogP contribution in [-0.4, -0.2) is 23.0 Å². The first-order chi connectivity index (χ1) is 13.7. The van der Waals surface area contributed by atoms with Crippen molar-refractivity contribution in [2.75, 3.05) is 7.11 Å². The van der Waals surface area contributed by atoms with Crippen LogP contribution in [0.2, 0.25) is 0 Å². The Bertz CT molecular complexity index is 1070. The van der Waals surface area contributed by atoms with Gasteiger partial charge >= 0.3 is 5.97 Å². The summed E-state index contributed by atoms with van der Waals surface area (Å²) >= 11 is 1.61. The maximum absolute atomic E-state index is 12.5. The highest BCUT2D eigenvalue weighted by atomic mass is 32.1. The Labute approximate surface area is 166 Å². The highest BCUT2D eigenvalue weighted by Gasteiger charge is 2.20. The van der Waals surface area contributed by atoms with Crippen molar-refractivity contribution in [3.05, 3.63) is 56.4 Å². The fourth-order valence-electron chi connectivity index (χ4n) is 3.60. The third-order valence-electron chi connectivity index (χ3n) is 5.02. The minimum absolute atomic E-state index is 0.0956. The molecule has 3 aromatic rings. The molecule has 2 heterocycles. The molecule has 0 atom stereocenters. The lowest BCUT2D eigenvalue weighted by atomic mass is 9.97. The number of fused-ring (bicyclic) bond motifs is 3. The fraction of sp³-hybridized carbons (Fsp3) is 0.381. The first-order valence-electron chi connectivity index (χ1n) is 9.46. The summed E-state index contributed by atoms with van der Waals surface area (Å²) in [5.41, 5.74) is 1.89. The maximum atomic E-state index is 12.5. The van der Waals surface area contributed by atoms with E-state index in [1.807, 2.05) is 24.3 Å². The molecule has 0 spiro atoms. The monoisotopic (exact) mass is 398 g/mol. The number of para-hydroxylation sites is 1. The molecule has 4 rings (SSSR count). The largest absolute Gasteiger partial charge is 0.496 e. The Hall–Kier alpha value is -2.67. The molecule has 0 aliphatic heterocycles. The van der Waals surface area contributed by atoms with Gasteiger partial charge in [0.2, 0.25) is 0 Å². The van der Waals surface area contributed by atoms with Gasteiger partial charge in [0.05, 0.1) is 18.9 Å². The molecule has 0 amide bonds. The second-order valence-electron chi connectivity index (χ2n) is 6.88. The molecule has 0 bridgehead atoms. The number of nitrogens with one attached hydrogen (secondary N) is 1. The summed E-state index contributed by atoms with van der Waals surface area (Å²) in [4.78, 5) is 34.2. The Balaban J connectivity index is 1.41. The summed E-state index contributed by atoms with van der Waals surface area (Å²) in [7, 11) is 1.58. The van der Waals surface area contributed by atoms with Crippen LogP contribution in [0.3, 0.4) is 0 Å². The van der Waals surface area contributed by atoms with Crippen LogP contribution in [0.25, 0.3) is 10.2 Å². The van der Waals surface area contributed by atoms with Gasteiger partial charge in [-0.1, -0.05) is 18.2 Å². The number of H-pyrrole nitrogens is 1. The third kappa shape index (κ3) is 3.80. The molecule has 1 aromatic carbocycles. The molecule has 28 heavy (non-hydrogen) atoms. The first-order valence-corrected chi connectivity index (χ1v) is 10.3. The van der Waals surface area contributed by atoms with Gasteiger partial charge in [-0.05, 0) is 37.3 Å². The lowest BCUT2D eigenvalue weighted by molar-refractivity contribution is -0.144. The number of carbonyl (C=O) groups excluding carboxylic acids is 1. The van der Waals surface area contributed by atoms with Gasteiger partial charge in [0.15, 0.2) is 0 Å². The summed E-state index contributed by atoms with van der Waals surface area (Å²) in [6.07, 6.45) is 4.78. The minimum atomic E-state index is -0.334. The van der Waals surface area contributed by atoms with Gasteiger partial charge in [0.25, 0.3) is 5.56 Å². The van der Waals surface area contributed by atoms with Gasteiger partial charge in [-0.2, -0.15) is 0 Å². The van der Waals surface area contributed by atoms with E-state index >= 15 is 0 Å². The number of ether oxygens (including phenoxy) is 2. The number of methoxy groups -OCH3 is 1. The number of aromatic amines is 1. The van der Waals surface area contributed by atoms with Crippen molar-refractivity contribution in [2.45, 2.75) is 45.1 Å². The van der Waals surface area contributed by atoms with Gasteiger partial charge in [-0.3, -0.25) is 9.59 Å². The summed E-state index contributed by atoms with van der Waals surface area (Å²) in [6.45, 7) is 0.156. The number of aromatic nitrogens is 2. The molecule has 146 valence electrons. The number of thiophene rings is 1. The van der Waals surface area contributed by atoms with E-state index in [1.165, 1.54) is 16.9 Å². The van der Waals surface area contributed by atoms with Crippen LogP contribution in [-0.2, 0) is 35.4 Å². The van der Waals surface area contributed by atoms with Crippen molar-refractivity contribution >= 4 is 27.5 Å². The topological polar surface area (TPSA) is 81.3 Å². The van der Waals surface area contributed by atoms with E-state index in [9.17, 15) is 9.59 Å². The Morgan fingerprint density at radius 1 is 1.25 bits per heavy atom. The molecule has 1 aliphatic rings. The number of benzene rings is 1. The molecule has 0 saturated heterocycles. The first kappa shape index (κ1) is 18.7. The van der Waals surface area contributed by atoms with Crippen molar-refractivity contribution in [3.63, 3.8) is 0 Å². The predicted octanol–water partition coefficient (Wildman–Crippen LogP) is 3.55. The average molecular weight is 398 g/mol. The number of aryl methyl sites for hydroxylation is 3. The quantitative estimate of drug-likeness (QED) is 0.642. The van der Waals surface area contributed by atoms with E-state index < -0.39 is 0 Å². The molecule has 2 aromatic heterocycles. The Morgan fingerprint density at radius 3 is 2.93 bits per heavy atom. The highest BCUT2D eigenvalue weighted by molar-refractivity contribution is 7.18. The average Bonchev–Trinajstić information content (AvgIpc) is 3.09. The summed E-state index contributed by atoms with van der Waals surface area (Å²) in [5.74, 6) is 0.887. The number of hydrogen-bond acceptors (Lipinski definition) is 6. The van der Waals surface area contributed by atoms with Crippen molar-refractivity contribution in [2.24, 2.45) is 0 Å². The number of rotatable bonds is 6. The fourth-order valence-corrected chi connectivity index (χ4v) is 4.88. The van der Waals surface area contributed by atoms with Crippen LogP contribution in [0.5, 0.6) is 5.75 Å². The summed E-state index contributed by atoms with van der Waals surface area (Å²) in [6, 6.07) is 7.42. The molecule has 1 N–H and O–H groups in total. The normalized spacial score (nSPS) is 13.3. The number of carbonyl (C=O) groups is 1. The van der Waals surface area contributed by atoms with Crippen molar-refractivity contribution in [1.29, 1.82) is 0 Å². The zero-order chi connectivity index (χ0) is 19.5. The Kier molecular flexibility index (Phi) is 5.43. The predicted molar refractivity (Wildman–Crippen MR) is 108 cm³/mol. The van der Waals surface area contributed by atoms with E-state index in [2.05, 4.69) is 9.97 Å². The second-order valence-corrected chi connectivity index (χ2v) is 7.96. The minimum Gasteiger partial charge on any atom is -0.496 e. The second kappa shape index (κ2) is 8.14. The van der Waals surface area contributed by atoms with Gasteiger partial charge < -0.3 is 14.5 Å². The van der Waals surface area contributed by atoms with E-state index in [4.69, 9.17) is 9.47 Å². The van der Waals surface area contributed by atoms with Crippen LogP contribution in [0.1, 0.15) is 41.1 Å². The lowest BCUT2D eigenvalue weighted by Gasteiger charge is -2.09. The number of esters is 1. The maximum Gasteiger partial charge on any atom is 0.306 e. The van der Waals surface area contributed by atoms with Gasteiger partial charge in [-0.25, -0.2) is 4.98 Å². The van der Waals surface area contributed by atoms with Crippen LogP contribution in [0, 0.1) is 0 Å². The lowest BCUT2D eigenvalue weighted by Crippen LogP contribution is -2.14. The van der Waals surface area contributed by atoms with Crippen LogP contribution in [0.4, 0.5) is 0 Å². The zero-order valence-corrected chi connectivity index (χ0v) is 16.6. The standard InChI is InChI=1S/C21H22N2O4S/c1-26-15-8-4-2-6-13(15)12-27-18(24)11-10-17-22-20(25)19-14-7-3-5-9-16(14)28-21(19)23-17/h2,4,6,8H,3,5,7,9-12H2,1H3,(H,22,23,25). The number of nitrogens with zero attached hydrogens (tertiary/aromatic N) is 1. The molecule has 0 fully saturated rings. The molecule has 0 unspecified atom stereocenters. The molecular formula is C21H22N2O4S. The van der Waals surface area contributed by atoms with Crippen LogP contribution in [0.15, 0.2) is 29.1 Å². The zero-order valence-electron chi connectivity index (χ0n) is 15.7. The molecule has 0 radical (unpaired) electrons. The summed E-state index contributed by atoms with van der Waals surface area (Å²) in [5, 5.41) is 0.738. The van der Waals surface area contributed by atoms with Crippen molar-refractivity contribution < 1.29 is 14.3 Å². The molecule has 0 saturated carbocycles. The van der Waals surface area contributed by atoms with E-state index in [-0.39, 0.29) is 24.6 Å². The SMILES string of the molecule is COc1ccccc1COC(=O)CCc1nc2sc3c(c2c(=O)[nH]1)CCCC3. The summed E-state index contributed by atoms with van der Waals surface area (Å²) < 4.78 is 10.6. The molecule has 7 heteroatoms. The number of hydrogen-bond donors (Lipinski definition) is 1.